The van der Waals surface area contributed by atoms with Gasteiger partial charge in [-0.2, -0.15) is 0 Å². The van der Waals surface area contributed by atoms with E-state index < -0.39 is 0 Å². The molecule has 102 valence electrons. The topological polar surface area (TPSA) is 0 Å². The van der Waals surface area contributed by atoms with Crippen molar-refractivity contribution in [3.05, 3.63) is 70.2 Å². The Morgan fingerprint density at radius 1 is 0.800 bits per heavy atom. The molecule has 0 fully saturated rings. The minimum absolute atomic E-state index is 0.743. The molecule has 0 bridgehead atoms. The molecular weight excluding hydrogens is 264 g/mol. The third-order valence-corrected chi connectivity index (χ3v) is 3.47. The molecule has 0 amide bonds. The molecule has 0 spiro atoms. The maximum Gasteiger partial charge on any atom is 0.0406 e. The lowest BCUT2D eigenvalue weighted by molar-refractivity contribution is 0.717. The normalized spacial score (nSPS) is 9.90. The molecule has 0 saturated heterocycles. The second-order valence-electron chi connectivity index (χ2n) is 4.91. The van der Waals surface area contributed by atoms with Crippen molar-refractivity contribution < 1.29 is 0 Å². The summed E-state index contributed by atoms with van der Waals surface area (Å²) in [4.78, 5) is 0. The summed E-state index contributed by atoms with van der Waals surface area (Å²) >= 11 is 5.85. The highest BCUT2D eigenvalue weighted by atomic mass is 35.5. The lowest BCUT2D eigenvalue weighted by Crippen LogP contribution is -1.85. The van der Waals surface area contributed by atoms with Crippen molar-refractivity contribution in [1.82, 2.24) is 0 Å². The highest BCUT2D eigenvalue weighted by molar-refractivity contribution is 6.30. The van der Waals surface area contributed by atoms with Crippen LogP contribution in [-0.4, -0.2) is 0 Å². The Labute approximate surface area is 126 Å². The Balaban J connectivity index is 1.98. The summed E-state index contributed by atoms with van der Waals surface area (Å²) in [5.41, 5.74) is 3.44. The van der Waals surface area contributed by atoms with Gasteiger partial charge in [0.25, 0.3) is 0 Å². The molecule has 0 aliphatic carbocycles. The van der Waals surface area contributed by atoms with Gasteiger partial charge in [0.05, 0.1) is 0 Å². The second-order valence-corrected chi connectivity index (χ2v) is 5.35. The third-order valence-electron chi connectivity index (χ3n) is 3.22. The minimum atomic E-state index is 0.743. The van der Waals surface area contributed by atoms with Crippen LogP contribution in [0.5, 0.6) is 0 Å². The maximum atomic E-state index is 5.85. The molecule has 0 unspecified atom stereocenters. The molecule has 2 aromatic carbocycles. The van der Waals surface area contributed by atoms with Gasteiger partial charge >= 0.3 is 0 Å². The van der Waals surface area contributed by atoms with Crippen molar-refractivity contribution >= 4 is 11.6 Å². The predicted molar refractivity (Wildman–Crippen MR) is 87.1 cm³/mol. The predicted octanol–water partition coefficient (Wildman–Crippen LogP) is 5.47. The van der Waals surface area contributed by atoms with Gasteiger partial charge in [-0.1, -0.05) is 55.3 Å². The van der Waals surface area contributed by atoms with Crippen molar-refractivity contribution in [3.8, 4) is 11.8 Å². The van der Waals surface area contributed by atoms with Crippen LogP contribution in [0.25, 0.3) is 0 Å². The first-order chi connectivity index (χ1) is 9.78. The Kier molecular flexibility index (Phi) is 5.71. The van der Waals surface area contributed by atoms with Gasteiger partial charge in [-0.05, 0) is 54.8 Å². The highest BCUT2D eigenvalue weighted by Gasteiger charge is 1.93. The molecule has 0 aromatic heterocycles. The summed E-state index contributed by atoms with van der Waals surface area (Å²) in [5, 5.41) is 0.743. The van der Waals surface area contributed by atoms with Gasteiger partial charge in [-0.25, -0.2) is 0 Å². The van der Waals surface area contributed by atoms with Crippen LogP contribution in [0, 0.1) is 11.8 Å². The number of rotatable bonds is 4. The number of unbranched alkanes of at least 4 members (excludes halogenated alkanes) is 2. The highest BCUT2D eigenvalue weighted by Crippen LogP contribution is 2.10. The maximum absolute atomic E-state index is 5.85. The van der Waals surface area contributed by atoms with Gasteiger partial charge < -0.3 is 0 Å². The number of hydrogen-bond acceptors (Lipinski definition) is 0. The number of halogens is 1. The van der Waals surface area contributed by atoms with E-state index in [4.69, 9.17) is 11.6 Å². The fourth-order valence-electron chi connectivity index (χ4n) is 2.01. The van der Waals surface area contributed by atoms with E-state index >= 15 is 0 Å². The van der Waals surface area contributed by atoms with Gasteiger partial charge in [0.15, 0.2) is 0 Å². The van der Waals surface area contributed by atoms with E-state index in [1.807, 2.05) is 24.3 Å². The number of benzene rings is 2. The zero-order valence-corrected chi connectivity index (χ0v) is 12.6. The average Bonchev–Trinajstić information content (AvgIpc) is 2.48. The lowest BCUT2D eigenvalue weighted by atomic mass is 10.1. The molecule has 0 nitrogen and oxygen atoms in total. The molecule has 0 saturated carbocycles. The van der Waals surface area contributed by atoms with E-state index in [0.717, 1.165) is 16.1 Å². The second kappa shape index (κ2) is 7.78. The summed E-state index contributed by atoms with van der Waals surface area (Å²) in [7, 11) is 0. The van der Waals surface area contributed by atoms with E-state index in [1.165, 1.54) is 31.2 Å². The summed E-state index contributed by atoms with van der Waals surface area (Å²) < 4.78 is 0. The molecule has 0 radical (unpaired) electrons. The molecule has 20 heavy (non-hydrogen) atoms. The Morgan fingerprint density at radius 3 is 1.90 bits per heavy atom. The lowest BCUT2D eigenvalue weighted by Gasteiger charge is -2.00. The zero-order chi connectivity index (χ0) is 14.2. The minimum Gasteiger partial charge on any atom is -0.0843 e. The molecule has 2 rings (SSSR count). The van der Waals surface area contributed by atoms with Crippen LogP contribution in [-0.2, 0) is 6.42 Å². The van der Waals surface area contributed by atoms with Crippen LogP contribution in [0.2, 0.25) is 5.02 Å². The van der Waals surface area contributed by atoms with Crippen LogP contribution in [0.15, 0.2) is 48.5 Å². The smallest absolute Gasteiger partial charge is 0.0406 e. The average molecular weight is 283 g/mol. The van der Waals surface area contributed by atoms with Crippen LogP contribution >= 0.6 is 11.6 Å². The van der Waals surface area contributed by atoms with Crippen molar-refractivity contribution in [3.63, 3.8) is 0 Å². The van der Waals surface area contributed by atoms with Crippen LogP contribution in [0.1, 0.15) is 42.9 Å². The van der Waals surface area contributed by atoms with Crippen molar-refractivity contribution in [2.45, 2.75) is 32.6 Å². The monoisotopic (exact) mass is 282 g/mol. The number of hydrogen-bond donors (Lipinski definition) is 0. The standard InChI is InChI=1S/C19H19Cl/c1-2-3-4-5-16-6-8-17(9-7-16)10-11-18-12-14-19(20)15-13-18/h6-9,12-15H,2-5H2,1H3. The first-order valence-electron chi connectivity index (χ1n) is 7.14. The molecule has 0 atom stereocenters. The van der Waals surface area contributed by atoms with Crippen LogP contribution < -0.4 is 0 Å². The molecule has 0 N–H and O–H groups in total. The summed E-state index contributed by atoms with van der Waals surface area (Å²) in [6.45, 7) is 2.23. The van der Waals surface area contributed by atoms with E-state index in [0.29, 0.717) is 0 Å². The largest absolute Gasteiger partial charge is 0.0843 e. The zero-order valence-electron chi connectivity index (χ0n) is 11.8. The molecule has 0 heterocycles. The van der Waals surface area contributed by atoms with E-state index in [9.17, 15) is 0 Å². The Morgan fingerprint density at radius 2 is 1.35 bits per heavy atom. The molecule has 0 aliphatic heterocycles. The van der Waals surface area contributed by atoms with Gasteiger partial charge in [0, 0.05) is 16.1 Å². The Hall–Kier alpha value is -1.71. The van der Waals surface area contributed by atoms with Gasteiger partial charge in [-0.3, -0.25) is 0 Å². The molecule has 2 aromatic rings. The quantitative estimate of drug-likeness (QED) is 0.515. The fourth-order valence-corrected chi connectivity index (χ4v) is 2.14. The van der Waals surface area contributed by atoms with Crippen LogP contribution in [0.3, 0.4) is 0 Å². The van der Waals surface area contributed by atoms with E-state index in [-0.39, 0.29) is 0 Å². The van der Waals surface area contributed by atoms with Crippen molar-refractivity contribution in [2.75, 3.05) is 0 Å². The molecular formula is C19H19Cl. The SMILES string of the molecule is CCCCCc1ccc(C#Cc2ccc(Cl)cc2)cc1. The Bertz CT molecular complexity index is 582. The first-order valence-corrected chi connectivity index (χ1v) is 7.52. The summed E-state index contributed by atoms with van der Waals surface area (Å²) in [5.74, 6) is 6.33. The molecule has 1 heteroatoms. The number of aryl methyl sites for hydroxylation is 1. The summed E-state index contributed by atoms with van der Waals surface area (Å²) in [6, 6.07) is 16.2. The summed E-state index contributed by atoms with van der Waals surface area (Å²) in [6.07, 6.45) is 5.01. The van der Waals surface area contributed by atoms with E-state index in [1.54, 1.807) is 0 Å². The fraction of sp³-hybridized carbons (Fsp3) is 0.263. The van der Waals surface area contributed by atoms with Gasteiger partial charge in [0.2, 0.25) is 0 Å². The van der Waals surface area contributed by atoms with E-state index in [2.05, 4.69) is 43.0 Å². The van der Waals surface area contributed by atoms with Crippen molar-refractivity contribution in [1.29, 1.82) is 0 Å². The van der Waals surface area contributed by atoms with Crippen molar-refractivity contribution in [2.24, 2.45) is 0 Å². The van der Waals surface area contributed by atoms with Crippen LogP contribution in [0.4, 0.5) is 0 Å². The van der Waals surface area contributed by atoms with Gasteiger partial charge in [-0.15, -0.1) is 0 Å². The third kappa shape index (κ3) is 4.76. The molecule has 0 aliphatic rings. The van der Waals surface area contributed by atoms with Gasteiger partial charge in [0.1, 0.15) is 0 Å². The first kappa shape index (κ1) is 14.7.